The van der Waals surface area contributed by atoms with Crippen molar-refractivity contribution in [2.75, 3.05) is 37.0 Å². The largest absolute Gasteiger partial charge is 0.377 e. The second kappa shape index (κ2) is 9.97. The molecule has 1 aromatic carbocycles. The molecule has 9 heteroatoms. The van der Waals surface area contributed by atoms with E-state index < -0.39 is 0 Å². The molecule has 8 nitrogen and oxygen atoms in total. The second-order valence-electron chi connectivity index (χ2n) is 7.53. The van der Waals surface area contributed by atoms with Crippen molar-refractivity contribution in [1.29, 1.82) is 0 Å². The van der Waals surface area contributed by atoms with Crippen molar-refractivity contribution in [2.45, 2.75) is 18.2 Å². The van der Waals surface area contributed by atoms with Gasteiger partial charge >= 0.3 is 6.03 Å². The molecule has 1 fully saturated rings. The number of hydrogen-bond acceptors (Lipinski definition) is 7. The van der Waals surface area contributed by atoms with Crippen molar-refractivity contribution in [3.05, 3.63) is 66.1 Å². The van der Waals surface area contributed by atoms with Gasteiger partial charge in [-0.25, -0.2) is 14.8 Å². The van der Waals surface area contributed by atoms with E-state index in [0.29, 0.717) is 24.7 Å². The van der Waals surface area contributed by atoms with Gasteiger partial charge in [-0.3, -0.25) is 4.98 Å². The van der Waals surface area contributed by atoms with E-state index in [0.717, 1.165) is 29.3 Å². The normalized spacial score (nSPS) is 17.0. The third-order valence-electron chi connectivity index (χ3n) is 5.27. The first kappa shape index (κ1) is 22.0. The zero-order valence-electron chi connectivity index (χ0n) is 18.0. The van der Waals surface area contributed by atoms with Gasteiger partial charge in [0.1, 0.15) is 5.82 Å². The molecule has 0 saturated carbocycles. The summed E-state index contributed by atoms with van der Waals surface area (Å²) in [5.74, 6) is 1.43. The van der Waals surface area contributed by atoms with E-state index in [2.05, 4.69) is 27.4 Å². The summed E-state index contributed by atoms with van der Waals surface area (Å²) in [6, 6.07) is 15.1. The number of urea groups is 1. The summed E-state index contributed by atoms with van der Waals surface area (Å²) < 4.78 is 5.60. The van der Waals surface area contributed by atoms with Crippen LogP contribution in [0.2, 0.25) is 0 Å². The number of morpholine rings is 1. The molecule has 4 rings (SSSR count). The minimum Gasteiger partial charge on any atom is -0.377 e. The summed E-state index contributed by atoms with van der Waals surface area (Å²) in [6.45, 7) is 4.19. The van der Waals surface area contributed by atoms with Crippen LogP contribution in [-0.2, 0) is 4.74 Å². The molecule has 1 unspecified atom stereocenters. The lowest BCUT2D eigenvalue weighted by Gasteiger charge is -2.34. The van der Waals surface area contributed by atoms with Crippen LogP contribution in [0.1, 0.15) is 23.6 Å². The van der Waals surface area contributed by atoms with Crippen molar-refractivity contribution in [1.82, 2.24) is 20.3 Å². The highest BCUT2D eigenvalue weighted by molar-refractivity contribution is 7.80. The first-order chi connectivity index (χ1) is 15.5. The number of nitrogens with one attached hydrogen (secondary N) is 2. The van der Waals surface area contributed by atoms with Gasteiger partial charge in [-0.05, 0) is 43.3 Å². The maximum Gasteiger partial charge on any atom is 0.318 e. The average molecular weight is 451 g/mol. The molecular formula is C23H26N6O2S. The number of rotatable bonds is 5. The summed E-state index contributed by atoms with van der Waals surface area (Å²) in [5, 5.41) is 5.01. The lowest BCUT2D eigenvalue weighted by molar-refractivity contribution is 0.0985. The van der Waals surface area contributed by atoms with E-state index in [4.69, 9.17) is 27.3 Å². The van der Waals surface area contributed by atoms with Gasteiger partial charge in [0.15, 0.2) is 5.82 Å². The summed E-state index contributed by atoms with van der Waals surface area (Å²) in [7, 11) is 1.58. The third kappa shape index (κ3) is 5.00. The molecule has 1 aliphatic heterocycles. The molecular weight excluding hydrogens is 424 g/mol. The lowest BCUT2D eigenvalue weighted by Crippen LogP contribution is -2.44. The van der Waals surface area contributed by atoms with Crippen molar-refractivity contribution in [3.8, 4) is 11.4 Å². The van der Waals surface area contributed by atoms with Gasteiger partial charge in [-0.1, -0.05) is 6.07 Å². The SMILES string of the molecule is CNC(=O)Nc1ccc(-c2nc(C(S)c3ccccn3)cc(N3CCOC[C@@H]3C)n2)cc1. The highest BCUT2D eigenvalue weighted by Gasteiger charge is 2.23. The van der Waals surface area contributed by atoms with Crippen LogP contribution >= 0.6 is 12.6 Å². The van der Waals surface area contributed by atoms with Gasteiger partial charge in [0.25, 0.3) is 0 Å². The van der Waals surface area contributed by atoms with E-state index >= 15 is 0 Å². The van der Waals surface area contributed by atoms with Gasteiger partial charge in [-0.15, -0.1) is 0 Å². The Balaban J connectivity index is 1.72. The zero-order valence-corrected chi connectivity index (χ0v) is 18.9. The Morgan fingerprint density at radius 2 is 2.00 bits per heavy atom. The van der Waals surface area contributed by atoms with Crippen LogP contribution in [0.3, 0.4) is 0 Å². The van der Waals surface area contributed by atoms with Crippen molar-refractivity contribution >= 4 is 30.2 Å². The van der Waals surface area contributed by atoms with Crippen LogP contribution in [0.25, 0.3) is 11.4 Å². The Labute approximate surface area is 192 Å². The van der Waals surface area contributed by atoms with E-state index in [-0.39, 0.29) is 17.3 Å². The predicted octanol–water partition coefficient (Wildman–Crippen LogP) is 3.53. The number of amides is 2. The van der Waals surface area contributed by atoms with Gasteiger partial charge < -0.3 is 20.3 Å². The van der Waals surface area contributed by atoms with Gasteiger partial charge in [0.05, 0.1) is 35.9 Å². The fourth-order valence-electron chi connectivity index (χ4n) is 3.52. The first-order valence-electron chi connectivity index (χ1n) is 10.5. The Hall–Kier alpha value is -3.17. The number of ether oxygens (including phenoxy) is 1. The molecule has 0 spiro atoms. The topological polar surface area (TPSA) is 92.3 Å². The predicted molar refractivity (Wildman–Crippen MR) is 128 cm³/mol. The molecule has 32 heavy (non-hydrogen) atoms. The van der Waals surface area contributed by atoms with Crippen LogP contribution < -0.4 is 15.5 Å². The Kier molecular flexibility index (Phi) is 6.87. The van der Waals surface area contributed by atoms with Gasteiger partial charge in [0.2, 0.25) is 0 Å². The first-order valence-corrected chi connectivity index (χ1v) is 11.0. The fraction of sp³-hybridized carbons (Fsp3) is 0.304. The number of pyridine rings is 1. The Morgan fingerprint density at radius 3 is 2.69 bits per heavy atom. The van der Waals surface area contributed by atoms with E-state index in [1.54, 1.807) is 13.2 Å². The maximum atomic E-state index is 11.6. The number of thiol groups is 1. The number of benzene rings is 1. The smallest absolute Gasteiger partial charge is 0.318 e. The minimum atomic E-state index is -0.290. The standard InChI is InChI=1S/C23H26N6O2S/c1-15-14-31-12-11-29(15)20-13-19(21(32)18-5-3-4-10-25-18)27-22(28-20)16-6-8-17(9-7-16)26-23(30)24-2/h3-10,13,15,21,32H,11-12,14H2,1-2H3,(H2,24,26,30)/t15-,21?/m0/s1. The van der Waals surface area contributed by atoms with Crippen LogP contribution in [0.4, 0.5) is 16.3 Å². The molecule has 166 valence electrons. The summed E-state index contributed by atoms with van der Waals surface area (Å²) >= 11 is 4.82. The summed E-state index contributed by atoms with van der Waals surface area (Å²) in [4.78, 5) is 27.9. The molecule has 2 amide bonds. The molecule has 2 aromatic heterocycles. The minimum absolute atomic E-state index is 0.201. The number of nitrogens with zero attached hydrogens (tertiary/aromatic N) is 4. The van der Waals surface area contributed by atoms with E-state index in [1.807, 2.05) is 48.5 Å². The van der Waals surface area contributed by atoms with Crippen molar-refractivity contribution in [2.24, 2.45) is 0 Å². The molecule has 0 radical (unpaired) electrons. The molecule has 2 N–H and O–H groups in total. The van der Waals surface area contributed by atoms with Crippen LogP contribution in [0.15, 0.2) is 54.7 Å². The molecule has 3 heterocycles. The number of carbonyl (C=O) groups is 1. The number of anilines is 2. The quantitative estimate of drug-likeness (QED) is 0.515. The summed E-state index contributed by atoms with van der Waals surface area (Å²) in [5.41, 5.74) is 3.13. The van der Waals surface area contributed by atoms with Gasteiger partial charge in [0, 0.05) is 37.1 Å². The van der Waals surface area contributed by atoms with Crippen molar-refractivity contribution < 1.29 is 9.53 Å². The lowest BCUT2D eigenvalue weighted by atomic mass is 10.1. The molecule has 2 atom stereocenters. The maximum absolute atomic E-state index is 11.6. The number of hydrogen-bond donors (Lipinski definition) is 3. The van der Waals surface area contributed by atoms with E-state index in [1.165, 1.54) is 0 Å². The monoisotopic (exact) mass is 450 g/mol. The number of aromatic nitrogens is 3. The van der Waals surface area contributed by atoms with Crippen LogP contribution in [0, 0.1) is 0 Å². The average Bonchev–Trinajstić information content (AvgIpc) is 2.84. The highest BCUT2D eigenvalue weighted by Crippen LogP contribution is 2.31. The van der Waals surface area contributed by atoms with Gasteiger partial charge in [-0.2, -0.15) is 12.6 Å². The molecule has 1 saturated heterocycles. The fourth-order valence-corrected chi connectivity index (χ4v) is 3.81. The van der Waals surface area contributed by atoms with Crippen LogP contribution in [0.5, 0.6) is 0 Å². The third-order valence-corrected chi connectivity index (χ3v) is 5.80. The Morgan fingerprint density at radius 1 is 1.19 bits per heavy atom. The van der Waals surface area contributed by atoms with Crippen molar-refractivity contribution in [3.63, 3.8) is 0 Å². The molecule has 0 bridgehead atoms. The van der Waals surface area contributed by atoms with Crippen LogP contribution in [-0.4, -0.2) is 53.8 Å². The molecule has 1 aliphatic rings. The zero-order chi connectivity index (χ0) is 22.5. The molecule has 0 aliphatic carbocycles. The molecule has 3 aromatic rings. The Bertz CT molecular complexity index is 1060. The number of carbonyl (C=O) groups excluding carboxylic acids is 1. The second-order valence-corrected chi connectivity index (χ2v) is 8.05. The highest BCUT2D eigenvalue weighted by atomic mass is 32.1. The van der Waals surface area contributed by atoms with E-state index in [9.17, 15) is 4.79 Å². The summed E-state index contributed by atoms with van der Waals surface area (Å²) in [6.07, 6.45) is 1.75.